The molecule has 0 aliphatic carbocycles. The van der Waals surface area contributed by atoms with Gasteiger partial charge in [0.1, 0.15) is 16.9 Å². The highest BCUT2D eigenvalue weighted by Crippen LogP contribution is 2.20. The second-order valence-electron chi connectivity index (χ2n) is 6.21. The van der Waals surface area contributed by atoms with Gasteiger partial charge in [-0.05, 0) is 24.6 Å². The number of carbonyl (C=O) groups excluding carboxylic acids is 1. The van der Waals surface area contributed by atoms with E-state index in [9.17, 15) is 9.59 Å². The van der Waals surface area contributed by atoms with Crippen molar-refractivity contribution in [1.29, 1.82) is 0 Å². The van der Waals surface area contributed by atoms with Crippen LogP contribution in [0.1, 0.15) is 23.7 Å². The summed E-state index contributed by atoms with van der Waals surface area (Å²) in [6.07, 6.45) is 0.894. The lowest BCUT2D eigenvalue weighted by atomic mass is 10.1. The molecule has 0 spiro atoms. The average molecular weight is 360 g/mol. The molecule has 1 aromatic carbocycles. The second-order valence-corrected chi connectivity index (χ2v) is 6.21. The normalized spacial score (nSPS) is 15.1. The Kier molecular flexibility index (Phi) is 6.25. The smallest absolute Gasteiger partial charge is 0.349 e. The number of hydrogen-bond donors (Lipinski definition) is 1. The van der Waals surface area contributed by atoms with Gasteiger partial charge in [0.2, 0.25) is 0 Å². The third kappa shape index (κ3) is 4.62. The maximum Gasteiger partial charge on any atom is 0.349 e. The van der Waals surface area contributed by atoms with Gasteiger partial charge in [-0.25, -0.2) is 4.79 Å². The second kappa shape index (κ2) is 8.82. The minimum absolute atomic E-state index is 0.0155. The van der Waals surface area contributed by atoms with Crippen LogP contribution in [0.5, 0.6) is 5.75 Å². The van der Waals surface area contributed by atoms with Gasteiger partial charge in [-0.15, -0.1) is 0 Å². The summed E-state index contributed by atoms with van der Waals surface area (Å²) >= 11 is 0. The highest BCUT2D eigenvalue weighted by Gasteiger charge is 2.15. The molecule has 1 aromatic heterocycles. The number of amides is 1. The van der Waals surface area contributed by atoms with Gasteiger partial charge < -0.3 is 19.2 Å². The van der Waals surface area contributed by atoms with Crippen molar-refractivity contribution in [2.45, 2.75) is 13.3 Å². The van der Waals surface area contributed by atoms with E-state index in [2.05, 4.69) is 10.2 Å². The summed E-state index contributed by atoms with van der Waals surface area (Å²) < 4.78 is 16.1. The molecule has 7 heteroatoms. The lowest BCUT2D eigenvalue weighted by molar-refractivity contribution is 0.0383. The van der Waals surface area contributed by atoms with Crippen molar-refractivity contribution in [2.75, 3.05) is 46.0 Å². The van der Waals surface area contributed by atoms with Gasteiger partial charge in [-0.2, -0.15) is 0 Å². The van der Waals surface area contributed by atoms with E-state index < -0.39 is 11.5 Å². The van der Waals surface area contributed by atoms with Crippen LogP contribution in [0, 0.1) is 0 Å². The zero-order valence-electron chi connectivity index (χ0n) is 15.0. The zero-order chi connectivity index (χ0) is 18.4. The molecule has 1 amide bonds. The molecule has 0 saturated carbocycles. The molecule has 1 aliphatic heterocycles. The van der Waals surface area contributed by atoms with Crippen molar-refractivity contribution < 1.29 is 18.7 Å². The number of hydrogen-bond acceptors (Lipinski definition) is 6. The molecule has 2 heterocycles. The Morgan fingerprint density at radius 1 is 1.27 bits per heavy atom. The average Bonchev–Trinajstić information content (AvgIpc) is 2.66. The molecule has 1 saturated heterocycles. The highest BCUT2D eigenvalue weighted by molar-refractivity contribution is 5.96. The maximum atomic E-state index is 12.3. The summed E-state index contributed by atoms with van der Waals surface area (Å²) in [6.45, 7) is 6.96. The minimum Gasteiger partial charge on any atom is -0.493 e. The third-order valence-corrected chi connectivity index (χ3v) is 4.24. The van der Waals surface area contributed by atoms with Crippen LogP contribution in [0.3, 0.4) is 0 Å². The van der Waals surface area contributed by atoms with Crippen molar-refractivity contribution in [3.63, 3.8) is 0 Å². The van der Waals surface area contributed by atoms with E-state index in [-0.39, 0.29) is 5.56 Å². The van der Waals surface area contributed by atoms with Crippen molar-refractivity contribution in [2.24, 2.45) is 0 Å². The first-order valence-electron chi connectivity index (χ1n) is 8.96. The Hall–Kier alpha value is -2.38. The molecule has 1 fully saturated rings. The van der Waals surface area contributed by atoms with E-state index in [1.165, 1.54) is 0 Å². The lowest BCUT2D eigenvalue weighted by Crippen LogP contribution is -2.41. The number of ether oxygens (including phenoxy) is 2. The molecule has 0 bridgehead atoms. The topological polar surface area (TPSA) is 81.0 Å². The predicted octanol–water partition coefficient (Wildman–Crippen LogP) is 1.64. The van der Waals surface area contributed by atoms with Crippen LogP contribution in [-0.4, -0.2) is 56.8 Å². The Bertz CT molecular complexity index is 811. The minimum atomic E-state index is -0.644. The summed E-state index contributed by atoms with van der Waals surface area (Å²) in [6, 6.07) is 6.83. The number of nitrogens with one attached hydrogen (secondary N) is 1. The first kappa shape index (κ1) is 18.4. The maximum absolute atomic E-state index is 12.3. The predicted molar refractivity (Wildman–Crippen MR) is 97.9 cm³/mol. The molecular formula is C19H24N2O5. The number of nitrogens with zero attached hydrogens (tertiary/aromatic N) is 1. The molecule has 1 aliphatic rings. The molecule has 3 rings (SSSR count). The molecule has 0 radical (unpaired) electrons. The monoisotopic (exact) mass is 360 g/mol. The van der Waals surface area contributed by atoms with E-state index in [1.54, 1.807) is 24.3 Å². The number of fused-ring (bicyclic) bond motifs is 1. The molecule has 7 nitrogen and oxygen atoms in total. The number of benzene rings is 1. The Balaban J connectivity index is 1.65. The van der Waals surface area contributed by atoms with Gasteiger partial charge in [0, 0.05) is 37.6 Å². The number of rotatable bonds is 7. The van der Waals surface area contributed by atoms with Gasteiger partial charge >= 0.3 is 5.63 Å². The standard InChI is InChI=1S/C19H24N2O5/c1-2-9-25-15-4-3-14-12-16(19(23)26-17(14)13-15)18(22)20-5-6-21-7-10-24-11-8-21/h3-4,12-13H,2,5-11H2,1H3,(H,20,22). The number of morpholine rings is 1. The van der Waals surface area contributed by atoms with Gasteiger partial charge in [0.25, 0.3) is 5.91 Å². The van der Waals surface area contributed by atoms with Gasteiger partial charge in [0.05, 0.1) is 19.8 Å². The molecule has 140 valence electrons. The molecular weight excluding hydrogens is 336 g/mol. The number of carbonyl (C=O) groups is 1. The van der Waals surface area contributed by atoms with E-state index in [0.717, 1.165) is 26.1 Å². The third-order valence-electron chi connectivity index (χ3n) is 4.24. The first-order valence-corrected chi connectivity index (χ1v) is 8.96. The van der Waals surface area contributed by atoms with Crippen LogP contribution >= 0.6 is 0 Å². The van der Waals surface area contributed by atoms with E-state index in [1.807, 2.05) is 6.92 Å². The largest absolute Gasteiger partial charge is 0.493 e. The zero-order valence-corrected chi connectivity index (χ0v) is 15.0. The summed E-state index contributed by atoms with van der Waals surface area (Å²) in [5, 5.41) is 3.47. The SMILES string of the molecule is CCCOc1ccc2cc(C(=O)NCCN3CCOCC3)c(=O)oc2c1. The van der Waals surface area contributed by atoms with Crippen LogP contribution in [0.4, 0.5) is 0 Å². The van der Waals surface area contributed by atoms with Gasteiger partial charge in [-0.1, -0.05) is 6.92 Å². The lowest BCUT2D eigenvalue weighted by Gasteiger charge is -2.26. The molecule has 2 aromatic rings. The van der Waals surface area contributed by atoms with E-state index in [4.69, 9.17) is 13.9 Å². The van der Waals surface area contributed by atoms with Crippen molar-refractivity contribution >= 4 is 16.9 Å². The molecule has 0 unspecified atom stereocenters. The van der Waals surface area contributed by atoms with Crippen molar-refractivity contribution in [3.05, 3.63) is 40.2 Å². The Morgan fingerprint density at radius 2 is 2.08 bits per heavy atom. The quantitative estimate of drug-likeness (QED) is 0.756. The summed E-state index contributed by atoms with van der Waals surface area (Å²) in [4.78, 5) is 26.7. The summed E-state index contributed by atoms with van der Waals surface area (Å²) in [5.41, 5.74) is -0.218. The fourth-order valence-corrected chi connectivity index (χ4v) is 2.81. The molecule has 0 atom stereocenters. The molecule has 1 N–H and O–H groups in total. The molecule has 26 heavy (non-hydrogen) atoms. The summed E-state index contributed by atoms with van der Waals surface area (Å²) in [5.74, 6) is 0.227. The Morgan fingerprint density at radius 3 is 2.85 bits per heavy atom. The Labute approximate surface area is 151 Å². The van der Waals surface area contributed by atoms with E-state index >= 15 is 0 Å². The first-order chi connectivity index (χ1) is 12.7. The highest BCUT2D eigenvalue weighted by atomic mass is 16.5. The van der Waals surface area contributed by atoms with E-state index in [0.29, 0.717) is 43.1 Å². The van der Waals surface area contributed by atoms with Crippen LogP contribution in [0.15, 0.2) is 33.5 Å². The summed E-state index contributed by atoms with van der Waals surface area (Å²) in [7, 11) is 0. The van der Waals surface area contributed by atoms with Crippen molar-refractivity contribution in [3.8, 4) is 5.75 Å². The van der Waals surface area contributed by atoms with Gasteiger partial charge in [0.15, 0.2) is 0 Å². The fraction of sp³-hybridized carbons (Fsp3) is 0.474. The van der Waals surface area contributed by atoms with Crippen LogP contribution in [0.25, 0.3) is 11.0 Å². The van der Waals surface area contributed by atoms with Crippen molar-refractivity contribution in [1.82, 2.24) is 10.2 Å². The van der Waals surface area contributed by atoms with Crippen LogP contribution < -0.4 is 15.7 Å². The van der Waals surface area contributed by atoms with Crippen LogP contribution in [-0.2, 0) is 4.74 Å². The van der Waals surface area contributed by atoms with Crippen LogP contribution in [0.2, 0.25) is 0 Å². The fourth-order valence-electron chi connectivity index (χ4n) is 2.81. The van der Waals surface area contributed by atoms with Gasteiger partial charge in [-0.3, -0.25) is 9.69 Å².